The van der Waals surface area contributed by atoms with Gasteiger partial charge in [-0.15, -0.1) is 11.3 Å². The largest absolute Gasteiger partial charge is 0.481 e. The zero-order chi connectivity index (χ0) is 32.7. The standard InChI is InChI=1S/C30H33F3N6O5S/c1-4-44-27(41)22-19(36-25(26-35-9-11-45-26)37-23(22)16-6-5-7-18(31)17(16)12-34)13-39-15-30(32,33)24-20(39)8-10-38(24)14-21(40)29(2,3)28(42)43/h5-7,9,11,20-21,23-24,40H,4,8,10,13-15H2,1-3H3,(H,36,37)(H,42,43)/t20-,21+,23-,24+/m0/s1. The van der Waals surface area contributed by atoms with E-state index in [0.29, 0.717) is 11.4 Å². The van der Waals surface area contributed by atoms with E-state index in [2.05, 4.69) is 15.3 Å². The van der Waals surface area contributed by atoms with Crippen LogP contribution < -0.4 is 5.32 Å². The van der Waals surface area contributed by atoms with Gasteiger partial charge in [0.2, 0.25) is 0 Å². The summed E-state index contributed by atoms with van der Waals surface area (Å²) in [5, 5.41) is 35.2. The third-order valence-electron chi connectivity index (χ3n) is 8.65. The van der Waals surface area contributed by atoms with Crippen LogP contribution in [0.1, 0.15) is 49.4 Å². The SMILES string of the molecule is CCOC(=O)C1=C(CN2CC(F)(F)[C@H]3[C@@H]2CCN3C[C@@H](O)C(C)(C)C(=O)O)NC(c2nccs2)=N[C@H]1c1cccc(F)c1C#N. The fourth-order valence-corrected chi connectivity index (χ4v) is 6.74. The fourth-order valence-electron chi connectivity index (χ4n) is 6.16. The van der Waals surface area contributed by atoms with Gasteiger partial charge in [0.1, 0.15) is 17.9 Å². The van der Waals surface area contributed by atoms with Crippen molar-refractivity contribution in [3.63, 3.8) is 0 Å². The molecule has 0 unspecified atom stereocenters. The lowest BCUT2D eigenvalue weighted by Gasteiger charge is -2.34. The Bertz CT molecular complexity index is 1570. The van der Waals surface area contributed by atoms with E-state index < -0.39 is 59.9 Å². The van der Waals surface area contributed by atoms with Gasteiger partial charge in [-0.1, -0.05) is 12.1 Å². The Labute approximate surface area is 261 Å². The number of esters is 1. The maximum atomic E-state index is 15.7. The first kappa shape index (κ1) is 32.6. The predicted octanol–water partition coefficient (Wildman–Crippen LogP) is 2.93. The van der Waals surface area contributed by atoms with Gasteiger partial charge in [0, 0.05) is 48.5 Å². The number of aliphatic hydroxyl groups is 1. The van der Waals surface area contributed by atoms with Crippen LogP contribution in [0, 0.1) is 22.6 Å². The number of nitriles is 1. The van der Waals surface area contributed by atoms with Crippen molar-refractivity contribution in [2.45, 2.75) is 57.3 Å². The van der Waals surface area contributed by atoms with Crippen molar-refractivity contribution < 1.29 is 37.7 Å². The number of benzene rings is 1. The van der Waals surface area contributed by atoms with Crippen LogP contribution >= 0.6 is 11.3 Å². The number of aromatic nitrogens is 1. The van der Waals surface area contributed by atoms with Gasteiger partial charge in [-0.25, -0.2) is 22.9 Å². The number of ether oxygens (including phenoxy) is 1. The van der Waals surface area contributed by atoms with Crippen LogP contribution in [0.25, 0.3) is 0 Å². The number of carbonyl (C=O) groups is 2. The Hall–Kier alpha value is -3.84. The lowest BCUT2D eigenvalue weighted by molar-refractivity contribution is -0.155. The molecule has 45 heavy (non-hydrogen) atoms. The van der Waals surface area contributed by atoms with Crippen LogP contribution in [-0.2, 0) is 14.3 Å². The number of nitrogens with one attached hydrogen (secondary N) is 1. The molecule has 2 saturated heterocycles. The van der Waals surface area contributed by atoms with Gasteiger partial charge in [-0.2, -0.15) is 5.26 Å². The smallest absolute Gasteiger partial charge is 0.338 e. The molecule has 0 radical (unpaired) electrons. The van der Waals surface area contributed by atoms with Crippen molar-refractivity contribution >= 4 is 29.1 Å². The van der Waals surface area contributed by atoms with Crippen LogP contribution in [0.4, 0.5) is 13.2 Å². The van der Waals surface area contributed by atoms with Crippen LogP contribution in [0.5, 0.6) is 0 Å². The first-order valence-electron chi connectivity index (χ1n) is 14.4. The Balaban J connectivity index is 1.53. The zero-order valence-corrected chi connectivity index (χ0v) is 25.7. The summed E-state index contributed by atoms with van der Waals surface area (Å²) in [6.45, 7) is 3.41. The quantitative estimate of drug-likeness (QED) is 0.329. The number of rotatable bonds is 10. The summed E-state index contributed by atoms with van der Waals surface area (Å²) in [4.78, 5) is 37.1. The minimum Gasteiger partial charge on any atom is -0.481 e. The molecular weight excluding hydrogens is 613 g/mol. The van der Waals surface area contributed by atoms with E-state index in [1.807, 2.05) is 6.07 Å². The van der Waals surface area contributed by atoms with E-state index in [-0.39, 0.29) is 54.5 Å². The summed E-state index contributed by atoms with van der Waals surface area (Å²) in [5.41, 5.74) is -1.58. The van der Waals surface area contributed by atoms with Crippen LogP contribution in [0.15, 0.2) is 46.0 Å². The van der Waals surface area contributed by atoms with Crippen molar-refractivity contribution in [2.24, 2.45) is 10.4 Å². The van der Waals surface area contributed by atoms with Crippen molar-refractivity contribution in [3.8, 4) is 6.07 Å². The lowest BCUT2D eigenvalue weighted by Crippen LogP contribution is -2.51. The summed E-state index contributed by atoms with van der Waals surface area (Å²) in [7, 11) is 0. The third kappa shape index (κ3) is 6.07. The molecule has 5 rings (SSSR count). The van der Waals surface area contributed by atoms with Gasteiger partial charge in [0.05, 0.1) is 41.8 Å². The monoisotopic (exact) mass is 646 g/mol. The number of β-amino-alcohol motifs (C(OH)–C–C–N with tert-alkyl or cyclic N) is 1. The number of carboxylic acid groups (broad SMARTS) is 1. The summed E-state index contributed by atoms with van der Waals surface area (Å²) >= 11 is 1.24. The molecule has 4 atom stereocenters. The molecule has 15 heteroatoms. The number of thiazole rings is 1. The molecule has 2 fully saturated rings. The lowest BCUT2D eigenvalue weighted by atomic mass is 9.86. The minimum atomic E-state index is -3.23. The Morgan fingerprint density at radius 1 is 1.33 bits per heavy atom. The van der Waals surface area contributed by atoms with Crippen molar-refractivity contribution in [2.75, 3.05) is 32.8 Å². The number of carboxylic acids is 1. The molecule has 0 aliphatic carbocycles. The highest BCUT2D eigenvalue weighted by Gasteiger charge is 2.60. The van der Waals surface area contributed by atoms with E-state index in [0.717, 1.165) is 6.07 Å². The zero-order valence-electron chi connectivity index (χ0n) is 24.8. The van der Waals surface area contributed by atoms with Gasteiger partial charge in [-0.3, -0.25) is 19.6 Å². The predicted molar refractivity (Wildman–Crippen MR) is 157 cm³/mol. The number of aliphatic imine (C=N–C) groups is 1. The molecule has 11 nitrogen and oxygen atoms in total. The second kappa shape index (κ2) is 12.5. The number of amidine groups is 1. The highest BCUT2D eigenvalue weighted by Crippen LogP contribution is 2.43. The van der Waals surface area contributed by atoms with Gasteiger partial charge in [0.25, 0.3) is 5.92 Å². The van der Waals surface area contributed by atoms with Gasteiger partial charge in [-0.05, 0) is 33.3 Å². The molecule has 4 heterocycles. The van der Waals surface area contributed by atoms with Crippen molar-refractivity contribution in [1.29, 1.82) is 5.26 Å². The molecule has 1 aromatic heterocycles. The minimum absolute atomic E-state index is 0.00386. The molecule has 240 valence electrons. The second-order valence-corrected chi connectivity index (χ2v) is 12.7. The molecule has 0 spiro atoms. The van der Waals surface area contributed by atoms with E-state index in [1.165, 1.54) is 42.2 Å². The summed E-state index contributed by atoms with van der Waals surface area (Å²) in [6.07, 6.45) is 0.461. The molecule has 1 aromatic carbocycles. The third-order valence-corrected chi connectivity index (χ3v) is 9.43. The van der Waals surface area contributed by atoms with E-state index >= 15 is 8.78 Å². The number of aliphatic hydroxyl groups excluding tert-OH is 1. The average Bonchev–Trinajstić information content (AvgIpc) is 3.72. The van der Waals surface area contributed by atoms with Crippen LogP contribution in [-0.4, -0.2) is 99.7 Å². The van der Waals surface area contributed by atoms with Gasteiger partial charge in [0.15, 0.2) is 10.8 Å². The topological polar surface area (TPSA) is 151 Å². The summed E-state index contributed by atoms with van der Waals surface area (Å²) < 4.78 is 51.5. The highest BCUT2D eigenvalue weighted by molar-refractivity contribution is 7.11. The Kier molecular flexibility index (Phi) is 9.05. The molecular formula is C30H33F3N6O5S. The normalized spacial score (nSPS) is 24.0. The van der Waals surface area contributed by atoms with E-state index in [4.69, 9.17) is 4.74 Å². The number of hydrogen-bond donors (Lipinski definition) is 3. The van der Waals surface area contributed by atoms with Gasteiger partial charge < -0.3 is 20.3 Å². The van der Waals surface area contributed by atoms with Crippen molar-refractivity contribution in [1.82, 2.24) is 20.1 Å². The maximum Gasteiger partial charge on any atom is 0.338 e. The molecule has 0 amide bonds. The average molecular weight is 647 g/mol. The second-order valence-electron chi connectivity index (χ2n) is 11.8. The molecule has 2 aromatic rings. The molecule has 3 aliphatic heterocycles. The number of aliphatic carboxylic acids is 1. The fraction of sp³-hybridized carbons (Fsp3) is 0.500. The number of nitrogens with zero attached hydrogens (tertiary/aromatic N) is 5. The summed E-state index contributed by atoms with van der Waals surface area (Å²) in [6, 6.07) is 2.65. The summed E-state index contributed by atoms with van der Waals surface area (Å²) in [5.74, 6) is -5.84. The van der Waals surface area contributed by atoms with Crippen LogP contribution in [0.3, 0.4) is 0 Å². The molecule has 3 N–H and O–H groups in total. The number of alkyl halides is 2. The Morgan fingerprint density at radius 2 is 2.09 bits per heavy atom. The highest BCUT2D eigenvalue weighted by atomic mass is 32.1. The van der Waals surface area contributed by atoms with Gasteiger partial charge >= 0.3 is 11.9 Å². The molecule has 0 bridgehead atoms. The first-order valence-corrected chi connectivity index (χ1v) is 15.3. The Morgan fingerprint density at radius 3 is 2.73 bits per heavy atom. The molecule has 0 saturated carbocycles. The maximum absolute atomic E-state index is 15.7. The van der Waals surface area contributed by atoms with E-state index in [1.54, 1.807) is 23.4 Å². The molecule has 3 aliphatic rings. The number of halogens is 3. The number of likely N-dealkylation sites (tertiary alicyclic amines) is 2. The van der Waals surface area contributed by atoms with Crippen molar-refractivity contribution in [3.05, 3.63) is 63.0 Å². The van der Waals surface area contributed by atoms with Crippen LogP contribution in [0.2, 0.25) is 0 Å². The van der Waals surface area contributed by atoms with E-state index in [9.17, 15) is 29.5 Å². The number of fused-ring (bicyclic) bond motifs is 1. The number of hydrogen-bond acceptors (Lipinski definition) is 11. The number of carbonyl (C=O) groups excluding carboxylic acids is 1. The first-order chi connectivity index (χ1) is 21.3.